The molecule has 3 heteroatoms. The van der Waals surface area contributed by atoms with Crippen LogP contribution in [-0.4, -0.2) is 10.9 Å². The molecule has 0 fully saturated rings. The number of hydrogen-bond acceptors (Lipinski definition) is 2. The third-order valence-corrected chi connectivity index (χ3v) is 4.12. The maximum atomic E-state index is 6.10. The zero-order valence-corrected chi connectivity index (χ0v) is 11.7. The molecule has 0 saturated heterocycles. The van der Waals surface area contributed by atoms with Gasteiger partial charge in [0.15, 0.2) is 0 Å². The van der Waals surface area contributed by atoms with Crippen molar-refractivity contribution in [1.82, 2.24) is 4.98 Å². The summed E-state index contributed by atoms with van der Waals surface area (Å²) >= 11 is 7.86. The molecular formula is C14H16ClNS. The smallest absolute Gasteiger partial charge is 0.0896 e. The molecule has 0 N–H and O–H groups in total. The van der Waals surface area contributed by atoms with E-state index in [0.717, 1.165) is 11.4 Å². The Hall–Kier alpha value is -0.860. The van der Waals surface area contributed by atoms with E-state index in [1.165, 1.54) is 16.0 Å². The summed E-state index contributed by atoms with van der Waals surface area (Å²) in [6.45, 7) is 4.15. The van der Waals surface area contributed by atoms with Crippen molar-refractivity contribution in [2.24, 2.45) is 0 Å². The number of nitrogens with zero attached hydrogens (tertiary/aromatic N) is 1. The number of alkyl halides is 1. The van der Waals surface area contributed by atoms with Crippen LogP contribution in [0.25, 0.3) is 0 Å². The molecule has 2 aromatic rings. The van der Waals surface area contributed by atoms with E-state index in [9.17, 15) is 0 Å². The van der Waals surface area contributed by atoms with Crippen LogP contribution in [0.5, 0.6) is 0 Å². The van der Waals surface area contributed by atoms with Gasteiger partial charge in [0.25, 0.3) is 0 Å². The second-order valence-corrected chi connectivity index (χ2v) is 5.94. The van der Waals surface area contributed by atoms with Crippen LogP contribution in [0.3, 0.4) is 0 Å². The monoisotopic (exact) mass is 265 g/mol. The molecule has 1 nitrogen and oxygen atoms in total. The van der Waals surface area contributed by atoms with Gasteiger partial charge in [0.2, 0.25) is 0 Å². The van der Waals surface area contributed by atoms with Gasteiger partial charge in [0.05, 0.1) is 5.01 Å². The molecule has 1 aromatic carbocycles. The molecule has 1 unspecified atom stereocenters. The molecule has 1 atom stereocenters. The number of benzene rings is 1. The van der Waals surface area contributed by atoms with Crippen LogP contribution in [0.4, 0.5) is 0 Å². The van der Waals surface area contributed by atoms with Gasteiger partial charge in [-0.1, -0.05) is 29.8 Å². The third kappa shape index (κ3) is 3.30. The summed E-state index contributed by atoms with van der Waals surface area (Å²) in [5.74, 6) is 1.04. The van der Waals surface area contributed by atoms with Crippen molar-refractivity contribution in [2.45, 2.75) is 26.2 Å². The van der Waals surface area contributed by atoms with Crippen molar-refractivity contribution < 1.29 is 0 Å². The molecule has 0 amide bonds. The predicted molar refractivity (Wildman–Crippen MR) is 75.2 cm³/mol. The Balaban J connectivity index is 2.16. The highest BCUT2D eigenvalue weighted by atomic mass is 35.5. The van der Waals surface area contributed by atoms with Crippen LogP contribution in [0.1, 0.15) is 26.9 Å². The fraction of sp³-hybridized carbons (Fsp3) is 0.357. The first kappa shape index (κ1) is 12.6. The Bertz CT molecular complexity index is 492. The Morgan fingerprint density at radius 1 is 1.35 bits per heavy atom. The minimum absolute atomic E-state index is 0.386. The zero-order valence-electron chi connectivity index (χ0n) is 10.1. The van der Waals surface area contributed by atoms with Crippen LogP contribution in [0.15, 0.2) is 30.5 Å². The molecule has 0 aliphatic carbocycles. The third-order valence-electron chi connectivity index (χ3n) is 2.82. The molecule has 1 heterocycles. The van der Waals surface area contributed by atoms with Gasteiger partial charge in [-0.15, -0.1) is 22.9 Å². The molecule has 1 aromatic heterocycles. The molecule has 17 heavy (non-hydrogen) atoms. The summed E-state index contributed by atoms with van der Waals surface area (Å²) in [6, 6.07) is 8.60. The van der Waals surface area contributed by atoms with E-state index in [-0.39, 0.29) is 0 Å². The lowest BCUT2D eigenvalue weighted by molar-refractivity contribution is 0.774. The van der Waals surface area contributed by atoms with Crippen LogP contribution in [-0.2, 0) is 6.42 Å². The van der Waals surface area contributed by atoms with Gasteiger partial charge in [0.1, 0.15) is 0 Å². The molecule has 0 saturated carbocycles. The molecular weight excluding hydrogens is 250 g/mol. The molecule has 0 radical (unpaired) electrons. The number of thiazole rings is 1. The minimum Gasteiger partial charge on any atom is -0.250 e. The Kier molecular flexibility index (Phi) is 4.19. The van der Waals surface area contributed by atoms with Gasteiger partial charge in [-0.05, 0) is 25.8 Å². The molecule has 90 valence electrons. The van der Waals surface area contributed by atoms with Gasteiger partial charge in [0, 0.05) is 22.9 Å². The van der Waals surface area contributed by atoms with Crippen molar-refractivity contribution in [1.29, 1.82) is 0 Å². The zero-order chi connectivity index (χ0) is 12.3. The second kappa shape index (κ2) is 5.65. The maximum absolute atomic E-state index is 6.10. The highest BCUT2D eigenvalue weighted by Crippen LogP contribution is 2.25. The van der Waals surface area contributed by atoms with E-state index in [2.05, 4.69) is 36.2 Å². The fourth-order valence-corrected chi connectivity index (χ4v) is 3.09. The van der Waals surface area contributed by atoms with E-state index >= 15 is 0 Å². The summed E-state index contributed by atoms with van der Waals surface area (Å²) in [6.07, 6.45) is 2.95. The first-order valence-electron chi connectivity index (χ1n) is 5.73. The lowest BCUT2D eigenvalue weighted by Crippen LogP contribution is -2.03. The topological polar surface area (TPSA) is 12.9 Å². The minimum atomic E-state index is 0.386. The Morgan fingerprint density at radius 2 is 2.18 bits per heavy atom. The van der Waals surface area contributed by atoms with Crippen molar-refractivity contribution >= 4 is 22.9 Å². The molecule has 0 aliphatic rings. The Morgan fingerprint density at radius 3 is 2.76 bits per heavy atom. The average Bonchev–Trinajstić information content (AvgIpc) is 2.72. The fourth-order valence-electron chi connectivity index (χ4n) is 1.93. The number of rotatable bonds is 4. The SMILES string of the molecule is Cc1cccc(C(CCl)Cc2cnc(C)s2)c1. The number of aromatic nitrogens is 1. The normalized spacial score (nSPS) is 12.6. The lowest BCUT2D eigenvalue weighted by atomic mass is 9.96. The largest absolute Gasteiger partial charge is 0.250 e. The number of hydrogen-bond donors (Lipinski definition) is 0. The van der Waals surface area contributed by atoms with E-state index in [0.29, 0.717) is 11.8 Å². The van der Waals surface area contributed by atoms with Crippen LogP contribution < -0.4 is 0 Å². The number of halogens is 1. The van der Waals surface area contributed by atoms with E-state index < -0.39 is 0 Å². The van der Waals surface area contributed by atoms with Crippen molar-refractivity contribution in [2.75, 3.05) is 5.88 Å². The first-order chi connectivity index (χ1) is 8.19. The molecule has 0 aliphatic heterocycles. The van der Waals surface area contributed by atoms with Crippen molar-refractivity contribution in [3.8, 4) is 0 Å². The predicted octanol–water partition coefficient (Wildman–Crippen LogP) is 4.33. The van der Waals surface area contributed by atoms with Crippen LogP contribution in [0, 0.1) is 13.8 Å². The van der Waals surface area contributed by atoms with Gasteiger partial charge < -0.3 is 0 Å². The van der Waals surface area contributed by atoms with Crippen LogP contribution >= 0.6 is 22.9 Å². The van der Waals surface area contributed by atoms with Gasteiger partial charge >= 0.3 is 0 Å². The summed E-state index contributed by atoms with van der Waals surface area (Å²) in [5.41, 5.74) is 2.61. The van der Waals surface area contributed by atoms with Gasteiger partial charge in [-0.2, -0.15) is 0 Å². The molecule has 2 rings (SSSR count). The van der Waals surface area contributed by atoms with E-state index in [1.807, 2.05) is 13.1 Å². The summed E-state index contributed by atoms with van der Waals surface area (Å²) in [5, 5.41) is 1.12. The van der Waals surface area contributed by atoms with Crippen molar-refractivity contribution in [3.63, 3.8) is 0 Å². The highest BCUT2D eigenvalue weighted by molar-refractivity contribution is 7.11. The lowest BCUT2D eigenvalue weighted by Gasteiger charge is -2.13. The quantitative estimate of drug-likeness (QED) is 0.750. The summed E-state index contributed by atoms with van der Waals surface area (Å²) in [4.78, 5) is 5.61. The Labute approximate surface area is 111 Å². The van der Waals surface area contributed by atoms with E-state index in [1.54, 1.807) is 11.3 Å². The van der Waals surface area contributed by atoms with Gasteiger partial charge in [-0.25, -0.2) is 4.98 Å². The summed E-state index contributed by atoms with van der Waals surface area (Å²) in [7, 11) is 0. The second-order valence-electron chi connectivity index (χ2n) is 4.32. The average molecular weight is 266 g/mol. The first-order valence-corrected chi connectivity index (χ1v) is 7.08. The van der Waals surface area contributed by atoms with Gasteiger partial charge in [-0.3, -0.25) is 0 Å². The van der Waals surface area contributed by atoms with Crippen molar-refractivity contribution in [3.05, 3.63) is 51.5 Å². The molecule has 0 spiro atoms. The standard InChI is InChI=1S/C14H16ClNS/c1-10-4-3-5-12(6-10)13(8-15)7-14-9-16-11(2)17-14/h3-6,9,13H,7-8H2,1-2H3. The maximum Gasteiger partial charge on any atom is 0.0896 e. The van der Waals surface area contributed by atoms with E-state index in [4.69, 9.17) is 11.6 Å². The summed E-state index contributed by atoms with van der Waals surface area (Å²) < 4.78 is 0. The molecule has 0 bridgehead atoms. The number of aryl methyl sites for hydroxylation is 2. The highest BCUT2D eigenvalue weighted by Gasteiger charge is 2.12. The van der Waals surface area contributed by atoms with Crippen LogP contribution in [0.2, 0.25) is 0 Å².